The first-order valence-corrected chi connectivity index (χ1v) is 6.37. The summed E-state index contributed by atoms with van der Waals surface area (Å²) in [6.45, 7) is 0. The number of benzene rings is 1. The van der Waals surface area contributed by atoms with Gasteiger partial charge >= 0.3 is 96.5 Å². The molecule has 0 aliphatic carbocycles. The number of hydrogen-bond donors (Lipinski definition) is 0. The normalized spacial score (nSPS) is 11.2. The molecule has 0 amide bonds. The van der Waals surface area contributed by atoms with Gasteiger partial charge in [-0.25, -0.2) is 0 Å². The zero-order chi connectivity index (χ0) is 12.2. The Morgan fingerprint density at radius 1 is 1.31 bits per heavy atom. The van der Waals surface area contributed by atoms with Crippen molar-refractivity contribution in [2.45, 2.75) is 10.4 Å². The molecule has 0 spiro atoms. The van der Waals surface area contributed by atoms with E-state index in [1.165, 1.54) is 31.4 Å². The summed E-state index contributed by atoms with van der Waals surface area (Å²) in [7, 11) is 1.25. The van der Waals surface area contributed by atoms with Gasteiger partial charge in [-0.2, -0.15) is 0 Å². The topological polar surface area (TPSA) is 26.3 Å². The van der Waals surface area contributed by atoms with Crippen LogP contribution in [0, 0.1) is 0 Å². The Morgan fingerprint density at radius 2 is 1.88 bits per heavy atom. The molecule has 0 N–H and O–H groups in total. The fourth-order valence-electron chi connectivity index (χ4n) is 1.02. The number of esters is 1. The van der Waals surface area contributed by atoms with Crippen molar-refractivity contribution in [3.8, 4) is 0 Å². The van der Waals surface area contributed by atoms with Crippen LogP contribution in [0.25, 0.3) is 0 Å². The maximum atomic E-state index is 12.0. The van der Waals surface area contributed by atoms with Crippen molar-refractivity contribution < 1.29 is 22.7 Å². The molecule has 0 saturated heterocycles. The molecule has 0 bridgehead atoms. The number of halogens is 3. The molecule has 0 aromatic heterocycles. The number of methoxy groups -OCH3 is 1. The van der Waals surface area contributed by atoms with E-state index in [0.717, 1.165) is 0 Å². The van der Waals surface area contributed by atoms with Crippen LogP contribution >= 0.6 is 0 Å². The van der Waals surface area contributed by atoms with Gasteiger partial charge in [-0.1, -0.05) is 0 Å². The summed E-state index contributed by atoms with van der Waals surface area (Å²) in [6, 6.07) is 5.96. The predicted molar refractivity (Wildman–Crippen MR) is 53.3 cm³/mol. The second-order valence-electron chi connectivity index (χ2n) is 2.92. The van der Waals surface area contributed by atoms with Crippen molar-refractivity contribution in [3.05, 3.63) is 35.4 Å². The molecule has 0 aliphatic heterocycles. The van der Waals surface area contributed by atoms with Crippen LogP contribution < -0.4 is 0 Å². The average Bonchev–Trinajstić information content (AvgIpc) is 2.25. The van der Waals surface area contributed by atoms with Crippen LogP contribution in [-0.4, -0.2) is 33.1 Å². The number of rotatable bonds is 3. The van der Waals surface area contributed by atoms with Gasteiger partial charge in [-0.15, -0.1) is 0 Å². The maximum absolute atomic E-state index is 12.0. The van der Waals surface area contributed by atoms with Crippen LogP contribution in [-0.2, 0) is 10.1 Å². The SMILES string of the molecule is COC(=O)c1ccc(C[Se]C(F)(F)F)cc1. The third kappa shape index (κ3) is 4.24. The minimum atomic E-state index is -4.09. The van der Waals surface area contributed by atoms with Crippen LogP contribution in [0.3, 0.4) is 0 Å². The van der Waals surface area contributed by atoms with Crippen molar-refractivity contribution in [2.24, 2.45) is 0 Å². The van der Waals surface area contributed by atoms with Gasteiger partial charge in [0.2, 0.25) is 0 Å². The average molecular weight is 297 g/mol. The first kappa shape index (κ1) is 13.1. The second-order valence-corrected chi connectivity index (χ2v) is 5.11. The number of carbonyl (C=O) groups is 1. The zero-order valence-electron chi connectivity index (χ0n) is 8.38. The molecule has 88 valence electrons. The van der Waals surface area contributed by atoms with Crippen molar-refractivity contribution in [1.82, 2.24) is 0 Å². The summed E-state index contributed by atoms with van der Waals surface area (Å²) >= 11 is -1.42. The monoisotopic (exact) mass is 298 g/mol. The van der Waals surface area contributed by atoms with Gasteiger partial charge in [0.1, 0.15) is 0 Å². The van der Waals surface area contributed by atoms with Crippen LogP contribution in [0.1, 0.15) is 15.9 Å². The van der Waals surface area contributed by atoms with Gasteiger partial charge in [-0.05, 0) is 0 Å². The van der Waals surface area contributed by atoms with E-state index < -0.39 is 26.0 Å². The van der Waals surface area contributed by atoms with E-state index in [4.69, 9.17) is 0 Å². The predicted octanol–water partition coefficient (Wildman–Crippen LogP) is 2.20. The molecular formula is C10H9F3O2Se. The van der Waals surface area contributed by atoms with Gasteiger partial charge in [-0.3, -0.25) is 0 Å². The fraction of sp³-hybridized carbons (Fsp3) is 0.300. The Labute approximate surface area is 96.9 Å². The molecule has 16 heavy (non-hydrogen) atoms. The van der Waals surface area contributed by atoms with Gasteiger partial charge in [0.05, 0.1) is 0 Å². The summed E-state index contributed by atoms with van der Waals surface area (Å²) in [5, 5.41) is -4.11. The van der Waals surface area contributed by atoms with Gasteiger partial charge in [0.15, 0.2) is 0 Å². The molecule has 1 rings (SSSR count). The van der Waals surface area contributed by atoms with E-state index in [-0.39, 0.29) is 5.32 Å². The first-order valence-electron chi connectivity index (χ1n) is 4.30. The Hall–Kier alpha value is -1.00. The summed E-state index contributed by atoms with van der Waals surface area (Å²) in [4.78, 5) is 11.0. The van der Waals surface area contributed by atoms with Crippen molar-refractivity contribution in [1.29, 1.82) is 0 Å². The molecule has 0 aliphatic rings. The van der Waals surface area contributed by atoms with Crippen molar-refractivity contribution in [2.75, 3.05) is 7.11 Å². The van der Waals surface area contributed by atoms with E-state index in [9.17, 15) is 18.0 Å². The van der Waals surface area contributed by atoms with Crippen molar-refractivity contribution in [3.63, 3.8) is 0 Å². The summed E-state index contributed by atoms with van der Waals surface area (Å²) in [5.41, 5.74) is 0.913. The number of carbonyl (C=O) groups excluding carboxylic acids is 1. The Morgan fingerprint density at radius 3 is 2.31 bits per heavy atom. The third-order valence-electron chi connectivity index (χ3n) is 1.78. The van der Waals surface area contributed by atoms with Gasteiger partial charge in [0.25, 0.3) is 0 Å². The molecule has 0 unspecified atom stereocenters. The van der Waals surface area contributed by atoms with Crippen LogP contribution in [0.5, 0.6) is 0 Å². The van der Waals surface area contributed by atoms with E-state index in [1.54, 1.807) is 0 Å². The standard InChI is InChI=1S/C10H9F3O2Se/c1-15-9(14)8-4-2-7(3-5-8)6-16-10(11,12)13/h2-5H,6H2,1H3. The Bertz CT molecular complexity index is 359. The molecule has 0 heterocycles. The number of ether oxygens (including phenoxy) is 1. The van der Waals surface area contributed by atoms with Crippen LogP contribution in [0.4, 0.5) is 13.2 Å². The summed E-state index contributed by atoms with van der Waals surface area (Å²) < 4.78 is 40.3. The van der Waals surface area contributed by atoms with E-state index >= 15 is 0 Å². The zero-order valence-corrected chi connectivity index (χ0v) is 10.1. The minimum absolute atomic E-state index is 0.0159. The van der Waals surface area contributed by atoms with Crippen LogP contribution in [0.15, 0.2) is 24.3 Å². The molecule has 6 heteroatoms. The van der Waals surface area contributed by atoms with Crippen molar-refractivity contribution >= 4 is 20.9 Å². The molecule has 2 nitrogen and oxygen atoms in total. The summed E-state index contributed by atoms with van der Waals surface area (Å²) in [6.07, 6.45) is 0. The molecule has 0 atom stereocenters. The summed E-state index contributed by atoms with van der Waals surface area (Å²) in [5.74, 6) is -0.493. The molecule has 0 radical (unpaired) electrons. The third-order valence-corrected chi connectivity index (χ3v) is 3.47. The quantitative estimate of drug-likeness (QED) is 0.631. The van der Waals surface area contributed by atoms with E-state index in [2.05, 4.69) is 4.74 Å². The van der Waals surface area contributed by atoms with Crippen LogP contribution in [0.2, 0.25) is 0 Å². The second kappa shape index (κ2) is 5.36. The molecule has 0 fully saturated rings. The first-order chi connectivity index (χ1) is 7.42. The van der Waals surface area contributed by atoms with E-state index in [0.29, 0.717) is 11.1 Å². The van der Waals surface area contributed by atoms with Gasteiger partial charge in [0, 0.05) is 0 Å². The molecular weight excluding hydrogens is 288 g/mol. The Balaban J connectivity index is 2.62. The molecule has 1 aromatic rings. The number of hydrogen-bond acceptors (Lipinski definition) is 2. The molecule has 1 aromatic carbocycles. The molecule has 0 saturated carbocycles. The Kier molecular flexibility index (Phi) is 4.38. The fourth-order valence-corrected chi connectivity index (χ4v) is 2.12. The van der Waals surface area contributed by atoms with Gasteiger partial charge < -0.3 is 0 Å². The number of alkyl halides is 3. The van der Waals surface area contributed by atoms with E-state index in [1.807, 2.05) is 0 Å².